The van der Waals surface area contributed by atoms with Gasteiger partial charge in [-0.15, -0.1) is 0 Å². The van der Waals surface area contributed by atoms with Crippen molar-refractivity contribution in [1.29, 1.82) is 0 Å². The Kier molecular flexibility index (Phi) is 3.89. The molecule has 2 rings (SSSR count). The van der Waals surface area contributed by atoms with E-state index in [0.717, 1.165) is 18.2 Å². The van der Waals surface area contributed by atoms with Crippen molar-refractivity contribution in [2.45, 2.75) is 0 Å². The molecule has 0 amide bonds. The molecule has 20 heavy (non-hydrogen) atoms. The number of hydrogen-bond acceptors (Lipinski definition) is 2. The Hall–Kier alpha value is -2.56. The molecule has 0 aliphatic carbocycles. The summed E-state index contributed by atoms with van der Waals surface area (Å²) >= 11 is 0. The van der Waals surface area contributed by atoms with E-state index < -0.39 is 11.6 Å². The minimum atomic E-state index is -0.709. The Morgan fingerprint density at radius 3 is 2.40 bits per heavy atom. The van der Waals surface area contributed by atoms with E-state index in [-0.39, 0.29) is 16.9 Å². The number of benzene rings is 1. The molecule has 0 fully saturated rings. The average Bonchev–Trinajstić information content (AvgIpc) is 2.38. The second-order valence-electron chi connectivity index (χ2n) is 4.27. The molecule has 0 aliphatic rings. The van der Waals surface area contributed by atoms with Crippen LogP contribution in [0.4, 0.5) is 8.78 Å². The van der Waals surface area contributed by atoms with E-state index in [2.05, 4.69) is 0 Å². The zero-order chi connectivity index (χ0) is 14.7. The van der Waals surface area contributed by atoms with Crippen molar-refractivity contribution in [2.75, 3.05) is 0 Å². The van der Waals surface area contributed by atoms with Crippen LogP contribution in [0.15, 0.2) is 47.4 Å². The quantitative estimate of drug-likeness (QED) is 0.638. The van der Waals surface area contributed by atoms with Crippen LogP contribution in [0.3, 0.4) is 0 Å². The van der Waals surface area contributed by atoms with Crippen LogP contribution in [0.1, 0.15) is 15.9 Å². The van der Waals surface area contributed by atoms with Crippen molar-refractivity contribution < 1.29 is 13.6 Å². The Balaban J connectivity index is 2.24. The fourth-order valence-electron chi connectivity index (χ4n) is 1.68. The number of hydrogen-bond donors (Lipinski definition) is 0. The molecule has 1 aromatic heterocycles. The number of pyridine rings is 1. The molecule has 2 aromatic rings. The molecular formula is C15H11F2NO2. The molecule has 0 spiro atoms. The Labute approximate surface area is 113 Å². The third-order valence-corrected chi connectivity index (χ3v) is 2.68. The van der Waals surface area contributed by atoms with Gasteiger partial charge in [-0.1, -0.05) is 6.08 Å². The monoisotopic (exact) mass is 275 g/mol. The summed E-state index contributed by atoms with van der Waals surface area (Å²) in [5, 5.41) is 0. The summed E-state index contributed by atoms with van der Waals surface area (Å²) in [5.41, 5.74) is 0.346. The molecular weight excluding hydrogens is 264 g/mol. The maximum absolute atomic E-state index is 13.0. The second-order valence-corrected chi connectivity index (χ2v) is 4.27. The molecule has 5 heteroatoms. The molecule has 0 N–H and O–H groups in total. The van der Waals surface area contributed by atoms with Crippen molar-refractivity contribution in [3.8, 4) is 0 Å². The third-order valence-electron chi connectivity index (χ3n) is 2.68. The first-order valence-corrected chi connectivity index (χ1v) is 5.81. The van der Waals surface area contributed by atoms with Gasteiger partial charge in [0.2, 0.25) is 5.56 Å². The van der Waals surface area contributed by atoms with Gasteiger partial charge in [-0.3, -0.25) is 9.59 Å². The molecule has 0 unspecified atom stereocenters. The number of nitrogens with zero attached hydrogens (tertiary/aromatic N) is 1. The molecule has 0 atom stereocenters. The van der Waals surface area contributed by atoms with Crippen LogP contribution in [0, 0.1) is 11.6 Å². The molecule has 0 radical (unpaired) electrons. The summed E-state index contributed by atoms with van der Waals surface area (Å²) in [5.74, 6) is -1.77. The van der Waals surface area contributed by atoms with Crippen LogP contribution in [0.25, 0.3) is 6.08 Å². The van der Waals surface area contributed by atoms with E-state index in [4.69, 9.17) is 0 Å². The lowest BCUT2D eigenvalue weighted by molar-refractivity contribution is 0.104. The van der Waals surface area contributed by atoms with Gasteiger partial charge >= 0.3 is 0 Å². The highest BCUT2D eigenvalue weighted by atomic mass is 19.1. The van der Waals surface area contributed by atoms with Gasteiger partial charge in [-0.2, -0.15) is 0 Å². The lowest BCUT2D eigenvalue weighted by Crippen LogP contribution is -2.15. The van der Waals surface area contributed by atoms with Gasteiger partial charge in [0.1, 0.15) is 11.6 Å². The standard InChI is InChI=1S/C15H11F2NO2/c1-18-9-11(3-5-15(18)20)14(19)4-2-10-6-12(16)8-13(17)7-10/h2-9H,1H3/b4-2+. The molecule has 1 aromatic carbocycles. The lowest BCUT2D eigenvalue weighted by Gasteiger charge is -2.00. The van der Waals surface area contributed by atoms with Crippen LogP contribution in [-0.2, 0) is 7.05 Å². The fraction of sp³-hybridized carbons (Fsp3) is 0.0667. The van der Waals surface area contributed by atoms with Gasteiger partial charge in [0.05, 0.1) is 0 Å². The Morgan fingerprint density at radius 2 is 1.80 bits per heavy atom. The number of aryl methyl sites for hydroxylation is 1. The first-order valence-electron chi connectivity index (χ1n) is 5.81. The van der Waals surface area contributed by atoms with E-state index in [9.17, 15) is 18.4 Å². The number of carbonyl (C=O) groups is 1. The Bertz CT molecular complexity index is 728. The number of carbonyl (C=O) groups excluding carboxylic acids is 1. The second kappa shape index (κ2) is 5.61. The van der Waals surface area contributed by atoms with Crippen LogP contribution < -0.4 is 5.56 Å². The fourth-order valence-corrected chi connectivity index (χ4v) is 1.68. The zero-order valence-electron chi connectivity index (χ0n) is 10.6. The minimum Gasteiger partial charge on any atom is -0.318 e. The number of ketones is 1. The van der Waals surface area contributed by atoms with Gasteiger partial charge in [0.15, 0.2) is 5.78 Å². The molecule has 0 saturated carbocycles. The Morgan fingerprint density at radius 1 is 1.15 bits per heavy atom. The van der Waals surface area contributed by atoms with Crippen molar-refractivity contribution in [2.24, 2.45) is 7.05 Å². The van der Waals surface area contributed by atoms with Gasteiger partial charge in [0.25, 0.3) is 0 Å². The van der Waals surface area contributed by atoms with Crippen molar-refractivity contribution >= 4 is 11.9 Å². The van der Waals surface area contributed by atoms with E-state index >= 15 is 0 Å². The van der Waals surface area contributed by atoms with Crippen LogP contribution >= 0.6 is 0 Å². The normalized spacial score (nSPS) is 10.9. The lowest BCUT2D eigenvalue weighted by atomic mass is 10.1. The van der Waals surface area contributed by atoms with E-state index in [0.29, 0.717) is 5.56 Å². The molecule has 0 aliphatic heterocycles. The van der Waals surface area contributed by atoms with Gasteiger partial charge in [-0.05, 0) is 29.8 Å². The third kappa shape index (κ3) is 3.26. The summed E-state index contributed by atoms with van der Waals surface area (Å²) in [7, 11) is 1.53. The highest BCUT2D eigenvalue weighted by Gasteiger charge is 2.03. The topological polar surface area (TPSA) is 39.1 Å². The van der Waals surface area contributed by atoms with Gasteiger partial charge in [-0.25, -0.2) is 8.78 Å². The van der Waals surface area contributed by atoms with Crippen molar-refractivity contribution in [1.82, 2.24) is 4.57 Å². The maximum atomic E-state index is 13.0. The van der Waals surface area contributed by atoms with Crippen LogP contribution in [0.5, 0.6) is 0 Å². The highest BCUT2D eigenvalue weighted by Crippen LogP contribution is 2.10. The van der Waals surface area contributed by atoms with Crippen molar-refractivity contribution in [3.63, 3.8) is 0 Å². The first-order chi connectivity index (χ1) is 9.45. The molecule has 1 heterocycles. The smallest absolute Gasteiger partial charge is 0.250 e. The number of halogens is 2. The summed E-state index contributed by atoms with van der Waals surface area (Å²) in [6.07, 6.45) is 3.93. The summed E-state index contributed by atoms with van der Waals surface area (Å²) in [6, 6.07) is 5.68. The number of rotatable bonds is 3. The minimum absolute atomic E-state index is 0.224. The summed E-state index contributed by atoms with van der Waals surface area (Å²) in [6.45, 7) is 0. The van der Waals surface area contributed by atoms with Gasteiger partial charge < -0.3 is 4.57 Å². The summed E-state index contributed by atoms with van der Waals surface area (Å²) in [4.78, 5) is 23.1. The largest absolute Gasteiger partial charge is 0.318 e. The summed E-state index contributed by atoms with van der Waals surface area (Å²) < 4.78 is 27.2. The average molecular weight is 275 g/mol. The molecule has 102 valence electrons. The predicted octanol–water partition coefficient (Wildman–Crippen LogP) is 2.56. The zero-order valence-corrected chi connectivity index (χ0v) is 10.6. The van der Waals surface area contributed by atoms with Gasteiger partial charge in [0, 0.05) is 30.9 Å². The van der Waals surface area contributed by atoms with Crippen molar-refractivity contribution in [3.05, 3.63) is 75.7 Å². The highest BCUT2D eigenvalue weighted by molar-refractivity contribution is 6.06. The van der Waals surface area contributed by atoms with E-state index in [1.54, 1.807) is 0 Å². The number of allylic oxidation sites excluding steroid dienone is 1. The van der Waals surface area contributed by atoms with Crippen LogP contribution in [0.2, 0.25) is 0 Å². The number of aromatic nitrogens is 1. The molecule has 3 nitrogen and oxygen atoms in total. The predicted molar refractivity (Wildman–Crippen MR) is 71.4 cm³/mol. The van der Waals surface area contributed by atoms with Crippen LogP contribution in [-0.4, -0.2) is 10.4 Å². The van der Waals surface area contributed by atoms with E-state index in [1.165, 1.54) is 42.1 Å². The van der Waals surface area contributed by atoms with E-state index in [1.807, 2.05) is 0 Å². The maximum Gasteiger partial charge on any atom is 0.250 e. The SMILES string of the molecule is Cn1cc(C(=O)/C=C/c2cc(F)cc(F)c2)ccc1=O. The molecule has 0 saturated heterocycles. The molecule has 0 bridgehead atoms. The first kappa shape index (κ1) is 13.9.